The molecule has 2 aromatic rings. The fourth-order valence-electron chi connectivity index (χ4n) is 3.21. The first kappa shape index (κ1) is 16.2. The zero-order chi connectivity index (χ0) is 17.1. The summed E-state index contributed by atoms with van der Waals surface area (Å²) < 4.78 is 10.7. The average Bonchev–Trinajstić information content (AvgIpc) is 3.26. The molecule has 0 bridgehead atoms. The van der Waals surface area contributed by atoms with Crippen LogP contribution in [-0.2, 0) is 6.54 Å². The van der Waals surface area contributed by atoms with Crippen molar-refractivity contribution in [2.75, 3.05) is 30.5 Å². The Morgan fingerprint density at radius 1 is 0.960 bits per heavy atom. The monoisotopic (exact) mass is 355 g/mol. The third-order valence-corrected chi connectivity index (χ3v) is 4.62. The van der Waals surface area contributed by atoms with E-state index in [1.165, 1.54) is 31.5 Å². The number of likely N-dealkylation sites (tertiary alicyclic amines) is 1. The van der Waals surface area contributed by atoms with Gasteiger partial charge in [0, 0.05) is 24.0 Å². The summed E-state index contributed by atoms with van der Waals surface area (Å²) in [7, 11) is 0. The second-order valence-corrected chi connectivity index (χ2v) is 6.74. The fraction of sp³-hybridized carbons (Fsp3) is 0.316. The first-order chi connectivity index (χ1) is 12.3. The third-order valence-electron chi connectivity index (χ3n) is 4.42. The molecule has 4 rings (SSSR count). The lowest BCUT2D eigenvalue weighted by atomic mass is 10.2. The lowest BCUT2D eigenvalue weighted by Gasteiger charge is -2.16. The lowest BCUT2D eigenvalue weighted by molar-refractivity contribution is 0.174. The summed E-state index contributed by atoms with van der Waals surface area (Å²) in [5.74, 6) is 1.50. The zero-order valence-corrected chi connectivity index (χ0v) is 14.8. The summed E-state index contributed by atoms with van der Waals surface area (Å²) in [6.07, 6.45) is 2.61. The van der Waals surface area contributed by atoms with Gasteiger partial charge in [-0.3, -0.25) is 4.90 Å². The number of hydrogen-bond donors (Lipinski definition) is 2. The highest BCUT2D eigenvalue weighted by atomic mass is 32.1. The van der Waals surface area contributed by atoms with Gasteiger partial charge in [-0.25, -0.2) is 0 Å². The van der Waals surface area contributed by atoms with E-state index < -0.39 is 0 Å². The van der Waals surface area contributed by atoms with Crippen LogP contribution in [0.1, 0.15) is 18.4 Å². The Hall–Kier alpha value is -2.31. The van der Waals surface area contributed by atoms with Crippen molar-refractivity contribution in [1.82, 2.24) is 4.90 Å². The molecule has 1 fully saturated rings. The standard InChI is InChI=1S/C19H21N3O2S/c25-19(21-16-6-7-17-18(11-16)24-13-23-17)20-15-5-3-4-14(10-15)12-22-8-1-2-9-22/h3-7,10-11H,1-2,8-9,12-13H2,(H2,20,21,25). The molecule has 1 saturated heterocycles. The van der Waals surface area contributed by atoms with Crippen LogP contribution in [0.5, 0.6) is 11.5 Å². The minimum atomic E-state index is 0.269. The van der Waals surface area contributed by atoms with Crippen LogP contribution in [-0.4, -0.2) is 29.9 Å². The minimum Gasteiger partial charge on any atom is -0.454 e. The number of fused-ring (bicyclic) bond motifs is 1. The van der Waals surface area contributed by atoms with Crippen LogP contribution in [0.4, 0.5) is 11.4 Å². The van der Waals surface area contributed by atoms with Crippen LogP contribution in [0.15, 0.2) is 42.5 Å². The Balaban J connectivity index is 1.37. The highest BCUT2D eigenvalue weighted by Crippen LogP contribution is 2.34. The van der Waals surface area contributed by atoms with E-state index in [-0.39, 0.29) is 6.79 Å². The number of benzene rings is 2. The van der Waals surface area contributed by atoms with Gasteiger partial charge in [-0.15, -0.1) is 0 Å². The largest absolute Gasteiger partial charge is 0.454 e. The Morgan fingerprint density at radius 3 is 2.56 bits per heavy atom. The van der Waals surface area contributed by atoms with Crippen LogP contribution in [0.3, 0.4) is 0 Å². The molecule has 0 saturated carbocycles. The van der Waals surface area contributed by atoms with E-state index in [1.54, 1.807) is 0 Å². The molecule has 25 heavy (non-hydrogen) atoms. The molecular formula is C19H21N3O2S. The number of thiocarbonyl (C=S) groups is 1. The van der Waals surface area contributed by atoms with Crippen molar-refractivity contribution < 1.29 is 9.47 Å². The van der Waals surface area contributed by atoms with E-state index in [1.807, 2.05) is 24.3 Å². The van der Waals surface area contributed by atoms with Gasteiger partial charge in [0.15, 0.2) is 16.6 Å². The maximum Gasteiger partial charge on any atom is 0.231 e. The predicted molar refractivity (Wildman–Crippen MR) is 103 cm³/mol. The molecule has 2 N–H and O–H groups in total. The number of nitrogens with zero attached hydrogens (tertiary/aromatic N) is 1. The summed E-state index contributed by atoms with van der Waals surface area (Å²) in [6, 6.07) is 14.1. The van der Waals surface area contributed by atoms with Crippen molar-refractivity contribution in [3.8, 4) is 11.5 Å². The fourth-order valence-corrected chi connectivity index (χ4v) is 3.45. The van der Waals surface area contributed by atoms with Crippen molar-refractivity contribution in [3.05, 3.63) is 48.0 Å². The summed E-state index contributed by atoms with van der Waals surface area (Å²) >= 11 is 5.43. The molecule has 0 atom stereocenters. The molecule has 0 unspecified atom stereocenters. The summed E-state index contributed by atoms with van der Waals surface area (Å²) in [4.78, 5) is 2.49. The summed E-state index contributed by atoms with van der Waals surface area (Å²) in [6.45, 7) is 3.66. The van der Waals surface area contributed by atoms with Gasteiger partial charge in [-0.2, -0.15) is 0 Å². The molecule has 2 aliphatic heterocycles. The summed E-state index contributed by atoms with van der Waals surface area (Å²) in [5.41, 5.74) is 3.17. The van der Waals surface area contributed by atoms with E-state index in [0.29, 0.717) is 5.11 Å². The smallest absolute Gasteiger partial charge is 0.231 e. The number of ether oxygens (including phenoxy) is 2. The van der Waals surface area contributed by atoms with Crippen LogP contribution in [0.2, 0.25) is 0 Å². The van der Waals surface area contributed by atoms with Crippen molar-refractivity contribution in [2.45, 2.75) is 19.4 Å². The molecular weight excluding hydrogens is 334 g/mol. The maximum absolute atomic E-state index is 5.43. The third kappa shape index (κ3) is 4.03. The van der Waals surface area contributed by atoms with Gasteiger partial charge in [0.05, 0.1) is 0 Å². The molecule has 0 aromatic heterocycles. The number of hydrogen-bond acceptors (Lipinski definition) is 4. The first-order valence-electron chi connectivity index (χ1n) is 8.55. The lowest BCUT2D eigenvalue weighted by Crippen LogP contribution is -2.20. The van der Waals surface area contributed by atoms with Crippen molar-refractivity contribution >= 4 is 28.7 Å². The molecule has 0 aliphatic carbocycles. The van der Waals surface area contributed by atoms with Gasteiger partial charge in [0.25, 0.3) is 0 Å². The van der Waals surface area contributed by atoms with Gasteiger partial charge in [0.2, 0.25) is 6.79 Å². The highest BCUT2D eigenvalue weighted by molar-refractivity contribution is 7.80. The van der Waals surface area contributed by atoms with Crippen LogP contribution < -0.4 is 20.1 Å². The van der Waals surface area contributed by atoms with E-state index in [0.717, 1.165) is 29.4 Å². The molecule has 6 heteroatoms. The zero-order valence-electron chi connectivity index (χ0n) is 14.0. The van der Waals surface area contributed by atoms with Crippen molar-refractivity contribution in [2.24, 2.45) is 0 Å². The average molecular weight is 355 g/mol. The van der Waals surface area contributed by atoms with Gasteiger partial charge in [-0.1, -0.05) is 12.1 Å². The molecule has 0 radical (unpaired) electrons. The molecule has 2 aromatic carbocycles. The highest BCUT2D eigenvalue weighted by Gasteiger charge is 2.14. The van der Waals surface area contributed by atoms with Gasteiger partial charge < -0.3 is 20.1 Å². The minimum absolute atomic E-state index is 0.269. The second-order valence-electron chi connectivity index (χ2n) is 6.33. The van der Waals surface area contributed by atoms with Gasteiger partial charge in [0.1, 0.15) is 0 Å². The second kappa shape index (κ2) is 7.29. The quantitative estimate of drug-likeness (QED) is 0.813. The van der Waals surface area contributed by atoms with E-state index in [2.05, 4.69) is 33.7 Å². The van der Waals surface area contributed by atoms with E-state index >= 15 is 0 Å². The van der Waals surface area contributed by atoms with Gasteiger partial charge >= 0.3 is 0 Å². The Bertz CT molecular complexity index is 775. The molecule has 2 heterocycles. The Morgan fingerprint density at radius 2 is 1.72 bits per heavy atom. The Labute approximate surface area is 152 Å². The Kier molecular flexibility index (Phi) is 4.72. The van der Waals surface area contributed by atoms with Gasteiger partial charge in [-0.05, 0) is 68.0 Å². The normalized spacial score (nSPS) is 16.0. The van der Waals surface area contributed by atoms with Crippen LogP contribution in [0.25, 0.3) is 0 Å². The topological polar surface area (TPSA) is 45.8 Å². The molecule has 0 amide bonds. The molecule has 2 aliphatic rings. The van der Waals surface area contributed by atoms with Crippen LogP contribution >= 0.6 is 12.2 Å². The van der Waals surface area contributed by atoms with E-state index in [4.69, 9.17) is 21.7 Å². The number of nitrogens with one attached hydrogen (secondary N) is 2. The molecule has 0 spiro atoms. The molecule has 130 valence electrons. The summed E-state index contributed by atoms with van der Waals surface area (Å²) in [5, 5.41) is 6.99. The molecule has 5 nitrogen and oxygen atoms in total. The van der Waals surface area contributed by atoms with Crippen LogP contribution in [0, 0.1) is 0 Å². The number of rotatable bonds is 4. The van der Waals surface area contributed by atoms with Crippen molar-refractivity contribution in [1.29, 1.82) is 0 Å². The van der Waals surface area contributed by atoms with E-state index in [9.17, 15) is 0 Å². The first-order valence-corrected chi connectivity index (χ1v) is 8.96. The van der Waals surface area contributed by atoms with Crippen molar-refractivity contribution in [3.63, 3.8) is 0 Å². The maximum atomic E-state index is 5.43. The predicted octanol–water partition coefficient (Wildman–Crippen LogP) is 3.82. The SMILES string of the molecule is S=C(Nc1cccc(CN2CCCC2)c1)Nc1ccc2c(c1)OCO2. The number of anilines is 2.